The first-order valence-electron chi connectivity index (χ1n) is 8.48. The van der Waals surface area contributed by atoms with E-state index in [2.05, 4.69) is 56.4 Å². The molecular formula is C16H14BrN9O3. The normalized spacial score (nSPS) is 11.7. The van der Waals surface area contributed by atoms with E-state index >= 15 is 0 Å². The molecule has 0 bridgehead atoms. The van der Waals surface area contributed by atoms with Gasteiger partial charge < -0.3 is 15.8 Å². The summed E-state index contributed by atoms with van der Waals surface area (Å²) in [7, 11) is 0. The molecule has 0 aliphatic rings. The van der Waals surface area contributed by atoms with Crippen LogP contribution in [0.4, 0.5) is 11.5 Å². The molecule has 0 spiro atoms. The number of H-pyrrole nitrogens is 1. The molecular weight excluding hydrogens is 446 g/mol. The molecule has 4 rings (SSSR count). The molecule has 0 saturated carbocycles. The highest BCUT2D eigenvalue weighted by atomic mass is 79.9. The van der Waals surface area contributed by atoms with E-state index in [0.29, 0.717) is 29.4 Å². The Morgan fingerprint density at radius 3 is 2.97 bits per heavy atom. The van der Waals surface area contributed by atoms with Gasteiger partial charge in [0, 0.05) is 9.86 Å². The van der Waals surface area contributed by atoms with Gasteiger partial charge in [-0.2, -0.15) is 4.68 Å². The van der Waals surface area contributed by atoms with Gasteiger partial charge >= 0.3 is 5.91 Å². The molecule has 0 aliphatic carbocycles. The van der Waals surface area contributed by atoms with Gasteiger partial charge in [0.25, 0.3) is 0 Å². The second-order valence-electron chi connectivity index (χ2n) is 6.04. The van der Waals surface area contributed by atoms with Crippen LogP contribution in [-0.2, 0) is 6.42 Å². The lowest BCUT2D eigenvalue weighted by Gasteiger charge is -2.02. The standard InChI is InChI=1S/C16H14BrN9O3/c1-2-3-10-12(21-25-26(10)14-13(18)23-29-24-14)16(28)22-20-11-8-6-7(17)4-5-9(8)19-15(11)27/h4-6,19,27H,2-3H2,1H3,(H2,18,23). The Bertz CT molecular complexity index is 1240. The van der Waals surface area contributed by atoms with Crippen LogP contribution in [0.25, 0.3) is 16.7 Å². The third kappa shape index (κ3) is 3.35. The van der Waals surface area contributed by atoms with Gasteiger partial charge in [0.2, 0.25) is 17.5 Å². The summed E-state index contributed by atoms with van der Waals surface area (Å²) in [5, 5.41) is 33.4. The predicted octanol–water partition coefficient (Wildman–Crippen LogP) is 3.06. The summed E-state index contributed by atoms with van der Waals surface area (Å²) in [4.78, 5) is 15.4. The molecule has 0 unspecified atom stereocenters. The summed E-state index contributed by atoms with van der Waals surface area (Å²) >= 11 is 3.36. The first kappa shape index (κ1) is 18.7. The number of azo groups is 1. The number of fused-ring (bicyclic) bond motifs is 1. The van der Waals surface area contributed by atoms with Crippen LogP contribution < -0.4 is 5.73 Å². The first-order chi connectivity index (χ1) is 14.0. The van der Waals surface area contributed by atoms with Crippen molar-refractivity contribution in [1.82, 2.24) is 30.3 Å². The third-order valence-corrected chi connectivity index (χ3v) is 4.60. The van der Waals surface area contributed by atoms with Crippen LogP contribution in [0, 0.1) is 0 Å². The summed E-state index contributed by atoms with van der Waals surface area (Å²) in [6, 6.07) is 5.33. The number of rotatable bonds is 5. The molecule has 4 aromatic rings. The maximum atomic E-state index is 12.6. The van der Waals surface area contributed by atoms with Crippen molar-refractivity contribution in [3.8, 4) is 11.7 Å². The highest BCUT2D eigenvalue weighted by Crippen LogP contribution is 2.37. The molecule has 0 atom stereocenters. The first-order valence-corrected chi connectivity index (χ1v) is 9.28. The van der Waals surface area contributed by atoms with Crippen molar-refractivity contribution in [2.24, 2.45) is 10.2 Å². The molecule has 0 radical (unpaired) electrons. The average Bonchev–Trinajstić information content (AvgIpc) is 3.37. The number of nitrogens with zero attached hydrogens (tertiary/aromatic N) is 7. The smallest absolute Gasteiger partial charge is 0.317 e. The molecule has 0 saturated heterocycles. The number of aromatic nitrogens is 6. The Morgan fingerprint density at radius 1 is 1.41 bits per heavy atom. The van der Waals surface area contributed by atoms with Gasteiger partial charge in [0.05, 0.1) is 11.2 Å². The number of anilines is 1. The number of carbonyl (C=O) groups excluding carboxylic acids is 1. The van der Waals surface area contributed by atoms with Gasteiger partial charge in [-0.1, -0.05) is 34.5 Å². The zero-order valence-corrected chi connectivity index (χ0v) is 16.6. The fourth-order valence-corrected chi connectivity index (χ4v) is 3.18. The minimum Gasteiger partial charge on any atom is -0.493 e. The Kier molecular flexibility index (Phi) is 4.80. The molecule has 12 nitrogen and oxygen atoms in total. The number of amides is 1. The van der Waals surface area contributed by atoms with Crippen LogP contribution in [0.2, 0.25) is 0 Å². The number of nitrogen functional groups attached to an aromatic ring is 1. The molecule has 13 heteroatoms. The Hall–Kier alpha value is -3.61. The van der Waals surface area contributed by atoms with E-state index in [1.807, 2.05) is 13.0 Å². The SMILES string of the molecule is CCCc1c(C(=O)N=Nc2c(O)[nH]c3ccc(Br)cc23)nnn1-c1nonc1N. The summed E-state index contributed by atoms with van der Waals surface area (Å²) in [5.74, 6) is -0.773. The number of nitrogens with two attached hydrogens (primary N) is 1. The fraction of sp³-hybridized carbons (Fsp3) is 0.188. The van der Waals surface area contributed by atoms with Gasteiger partial charge in [0.15, 0.2) is 11.4 Å². The second kappa shape index (κ2) is 7.43. The van der Waals surface area contributed by atoms with Crippen LogP contribution >= 0.6 is 15.9 Å². The largest absolute Gasteiger partial charge is 0.493 e. The van der Waals surface area contributed by atoms with E-state index in [1.165, 1.54) is 4.68 Å². The van der Waals surface area contributed by atoms with Crippen molar-refractivity contribution in [3.05, 3.63) is 34.1 Å². The molecule has 4 N–H and O–H groups in total. The molecule has 1 amide bonds. The number of aromatic amines is 1. The predicted molar refractivity (Wildman–Crippen MR) is 104 cm³/mol. The number of hydrogen-bond donors (Lipinski definition) is 3. The van der Waals surface area contributed by atoms with E-state index in [4.69, 9.17) is 5.73 Å². The van der Waals surface area contributed by atoms with Crippen LogP contribution in [0.5, 0.6) is 5.88 Å². The molecule has 3 heterocycles. The van der Waals surface area contributed by atoms with Crippen molar-refractivity contribution >= 4 is 44.2 Å². The summed E-state index contributed by atoms with van der Waals surface area (Å²) in [5.41, 5.74) is 6.95. The molecule has 0 fully saturated rings. The lowest BCUT2D eigenvalue weighted by atomic mass is 10.2. The Morgan fingerprint density at radius 2 is 2.24 bits per heavy atom. The molecule has 3 aromatic heterocycles. The molecule has 148 valence electrons. The fourth-order valence-electron chi connectivity index (χ4n) is 2.82. The van der Waals surface area contributed by atoms with Gasteiger partial charge in [-0.05, 0) is 34.9 Å². The Labute approximate surface area is 170 Å². The van der Waals surface area contributed by atoms with Crippen LogP contribution in [0.3, 0.4) is 0 Å². The van der Waals surface area contributed by atoms with E-state index in [9.17, 15) is 9.90 Å². The number of halogens is 1. The third-order valence-electron chi connectivity index (χ3n) is 4.10. The molecule has 1 aromatic carbocycles. The van der Waals surface area contributed by atoms with Gasteiger partial charge in [0.1, 0.15) is 0 Å². The van der Waals surface area contributed by atoms with Crippen LogP contribution in [0.1, 0.15) is 29.5 Å². The zero-order chi connectivity index (χ0) is 20.5. The minimum atomic E-state index is -0.724. The van der Waals surface area contributed by atoms with Crippen molar-refractivity contribution < 1.29 is 14.5 Å². The summed E-state index contributed by atoms with van der Waals surface area (Å²) < 4.78 is 6.67. The van der Waals surface area contributed by atoms with Crippen molar-refractivity contribution in [3.63, 3.8) is 0 Å². The van der Waals surface area contributed by atoms with E-state index in [-0.39, 0.29) is 28.9 Å². The van der Waals surface area contributed by atoms with E-state index in [0.717, 1.165) is 4.47 Å². The molecule has 29 heavy (non-hydrogen) atoms. The van der Waals surface area contributed by atoms with Crippen LogP contribution in [0.15, 0.2) is 37.5 Å². The van der Waals surface area contributed by atoms with Crippen LogP contribution in [-0.4, -0.2) is 41.3 Å². The molecule has 0 aliphatic heterocycles. The van der Waals surface area contributed by atoms with Crippen molar-refractivity contribution in [2.45, 2.75) is 19.8 Å². The second-order valence-corrected chi connectivity index (χ2v) is 6.95. The summed E-state index contributed by atoms with van der Waals surface area (Å²) in [6.45, 7) is 1.93. The number of aromatic hydroxyl groups is 1. The minimum absolute atomic E-state index is 0.00138. The average molecular weight is 460 g/mol. The maximum absolute atomic E-state index is 12.6. The van der Waals surface area contributed by atoms with Gasteiger partial charge in [-0.15, -0.1) is 15.3 Å². The van der Waals surface area contributed by atoms with E-state index < -0.39 is 5.91 Å². The number of benzene rings is 1. The van der Waals surface area contributed by atoms with Crippen molar-refractivity contribution in [2.75, 3.05) is 5.73 Å². The topological polar surface area (TPSA) is 173 Å². The maximum Gasteiger partial charge on any atom is 0.317 e. The Balaban J connectivity index is 1.71. The highest BCUT2D eigenvalue weighted by Gasteiger charge is 2.23. The van der Waals surface area contributed by atoms with Gasteiger partial charge in [-0.25, -0.2) is 4.63 Å². The number of nitrogens with one attached hydrogen (secondary N) is 1. The lowest BCUT2D eigenvalue weighted by molar-refractivity contribution is 0.0989. The zero-order valence-electron chi connectivity index (χ0n) is 15.0. The van der Waals surface area contributed by atoms with Gasteiger partial charge in [-0.3, -0.25) is 4.79 Å². The monoisotopic (exact) mass is 459 g/mol. The quantitative estimate of drug-likeness (QED) is 0.381. The van der Waals surface area contributed by atoms with Crippen molar-refractivity contribution in [1.29, 1.82) is 0 Å². The number of carbonyl (C=O) groups is 1. The lowest BCUT2D eigenvalue weighted by Crippen LogP contribution is -2.08. The highest BCUT2D eigenvalue weighted by molar-refractivity contribution is 9.10. The number of hydrogen-bond acceptors (Lipinski definition) is 9. The van der Waals surface area contributed by atoms with E-state index in [1.54, 1.807) is 12.1 Å². The summed E-state index contributed by atoms with van der Waals surface area (Å²) in [6.07, 6.45) is 1.16.